The minimum atomic E-state index is -0.741. The molecule has 2 aliphatic rings. The molecule has 22 heavy (non-hydrogen) atoms. The molecule has 0 saturated carbocycles. The molecule has 1 aromatic carbocycles. The molecule has 2 amide bonds. The van der Waals surface area contributed by atoms with Gasteiger partial charge in [-0.25, -0.2) is 0 Å². The highest BCUT2D eigenvalue weighted by Gasteiger charge is 2.33. The number of carbonyl (C=O) groups excluding carboxylic acids is 2. The maximum atomic E-state index is 12.5. The number of anilines is 1. The highest BCUT2D eigenvalue weighted by molar-refractivity contribution is 5.99. The molecule has 118 valence electrons. The summed E-state index contributed by atoms with van der Waals surface area (Å²) in [6.45, 7) is 5.87. The number of hydrogen-bond acceptors (Lipinski definition) is 3. The molecule has 5 heteroatoms. The Bertz CT molecular complexity index is 577. The smallest absolute Gasteiger partial charge is 0.266 e. The van der Waals surface area contributed by atoms with Gasteiger partial charge in [-0.05, 0) is 30.4 Å². The van der Waals surface area contributed by atoms with Crippen molar-refractivity contribution in [2.75, 3.05) is 18.4 Å². The number of fused-ring (bicyclic) bond motifs is 1. The number of nitrogens with one attached hydrogen (secondary N) is 1. The van der Waals surface area contributed by atoms with Gasteiger partial charge in [0.05, 0.1) is 12.1 Å². The van der Waals surface area contributed by atoms with Crippen LogP contribution in [0.2, 0.25) is 0 Å². The molecule has 1 saturated heterocycles. The summed E-state index contributed by atoms with van der Waals surface area (Å²) in [4.78, 5) is 26.4. The van der Waals surface area contributed by atoms with Crippen LogP contribution < -0.4 is 10.1 Å². The fourth-order valence-electron chi connectivity index (χ4n) is 3.38. The van der Waals surface area contributed by atoms with Crippen molar-refractivity contribution in [2.45, 2.75) is 32.8 Å². The predicted molar refractivity (Wildman–Crippen MR) is 83.6 cm³/mol. The van der Waals surface area contributed by atoms with E-state index >= 15 is 0 Å². The van der Waals surface area contributed by atoms with Crippen molar-refractivity contribution < 1.29 is 14.3 Å². The topological polar surface area (TPSA) is 58.6 Å². The number of benzene rings is 1. The standard InChI is InChI=1S/C17H22N2O3/c1-11-7-12(2)10-19(9-11)16(20)8-15-17(21)18-13-5-3-4-6-14(13)22-15/h3-6,11-12,15H,7-10H2,1-2H3,(H,18,21)/t11-,12-,15-/m1/s1. The average molecular weight is 302 g/mol. The second-order valence-corrected chi connectivity index (χ2v) is 6.54. The van der Waals surface area contributed by atoms with E-state index in [0.29, 0.717) is 23.3 Å². The van der Waals surface area contributed by atoms with E-state index in [1.54, 1.807) is 12.1 Å². The molecule has 0 aliphatic carbocycles. The van der Waals surface area contributed by atoms with Crippen LogP contribution in [0.1, 0.15) is 26.7 Å². The van der Waals surface area contributed by atoms with E-state index < -0.39 is 6.10 Å². The van der Waals surface area contributed by atoms with Gasteiger partial charge in [0.2, 0.25) is 5.91 Å². The first kappa shape index (κ1) is 14.9. The van der Waals surface area contributed by atoms with E-state index in [9.17, 15) is 9.59 Å². The van der Waals surface area contributed by atoms with Crippen LogP contribution in [0.5, 0.6) is 5.75 Å². The van der Waals surface area contributed by atoms with Crippen molar-refractivity contribution >= 4 is 17.5 Å². The summed E-state index contributed by atoms with van der Waals surface area (Å²) in [6, 6.07) is 7.28. The van der Waals surface area contributed by atoms with Crippen LogP contribution in [0.15, 0.2) is 24.3 Å². The number of hydrogen-bond donors (Lipinski definition) is 1. The minimum absolute atomic E-state index is 0.00192. The van der Waals surface area contributed by atoms with Crippen molar-refractivity contribution in [1.82, 2.24) is 4.90 Å². The molecule has 0 aromatic heterocycles. The summed E-state index contributed by atoms with van der Waals surface area (Å²) >= 11 is 0. The maximum Gasteiger partial charge on any atom is 0.266 e. The van der Waals surface area contributed by atoms with E-state index in [1.807, 2.05) is 17.0 Å². The van der Waals surface area contributed by atoms with E-state index in [0.717, 1.165) is 19.5 Å². The molecule has 0 radical (unpaired) electrons. The van der Waals surface area contributed by atoms with Crippen LogP contribution in [0, 0.1) is 11.8 Å². The van der Waals surface area contributed by atoms with Crippen LogP contribution >= 0.6 is 0 Å². The van der Waals surface area contributed by atoms with Crippen LogP contribution in [0.25, 0.3) is 0 Å². The fraction of sp³-hybridized carbons (Fsp3) is 0.529. The zero-order valence-corrected chi connectivity index (χ0v) is 13.0. The lowest BCUT2D eigenvalue weighted by molar-refractivity contribution is -0.139. The van der Waals surface area contributed by atoms with Crippen molar-refractivity contribution in [1.29, 1.82) is 0 Å². The molecule has 2 aliphatic heterocycles. The van der Waals surface area contributed by atoms with Gasteiger partial charge >= 0.3 is 0 Å². The Balaban J connectivity index is 1.66. The van der Waals surface area contributed by atoms with Crippen molar-refractivity contribution in [2.24, 2.45) is 11.8 Å². The molecular weight excluding hydrogens is 280 g/mol. The number of para-hydroxylation sites is 2. The third-order valence-electron chi connectivity index (χ3n) is 4.29. The van der Waals surface area contributed by atoms with Gasteiger partial charge in [0.15, 0.2) is 6.10 Å². The van der Waals surface area contributed by atoms with Crippen molar-refractivity contribution in [3.05, 3.63) is 24.3 Å². The Morgan fingerprint density at radius 1 is 1.27 bits per heavy atom. The first-order valence-electron chi connectivity index (χ1n) is 7.87. The molecule has 3 rings (SSSR count). The van der Waals surface area contributed by atoms with E-state index in [-0.39, 0.29) is 18.2 Å². The Morgan fingerprint density at radius 2 is 1.95 bits per heavy atom. The average Bonchev–Trinajstić information content (AvgIpc) is 2.47. The number of rotatable bonds is 2. The second kappa shape index (κ2) is 5.99. The van der Waals surface area contributed by atoms with Gasteiger partial charge in [0, 0.05) is 13.1 Å². The molecule has 0 unspecified atom stereocenters. The molecule has 1 N–H and O–H groups in total. The quantitative estimate of drug-likeness (QED) is 0.912. The van der Waals surface area contributed by atoms with Crippen LogP contribution in [-0.2, 0) is 9.59 Å². The molecule has 0 spiro atoms. The lowest BCUT2D eigenvalue weighted by Gasteiger charge is -2.36. The normalized spacial score (nSPS) is 27.6. The van der Waals surface area contributed by atoms with Crippen LogP contribution in [-0.4, -0.2) is 35.9 Å². The summed E-state index contributed by atoms with van der Waals surface area (Å²) in [5.41, 5.74) is 0.663. The maximum absolute atomic E-state index is 12.5. The third kappa shape index (κ3) is 3.08. The lowest BCUT2D eigenvalue weighted by atomic mass is 9.91. The Kier molecular flexibility index (Phi) is 4.05. The molecule has 3 atom stereocenters. The zero-order chi connectivity index (χ0) is 15.7. The van der Waals surface area contributed by atoms with Crippen molar-refractivity contribution in [3.8, 4) is 5.75 Å². The number of carbonyl (C=O) groups is 2. The highest BCUT2D eigenvalue weighted by atomic mass is 16.5. The molecule has 5 nitrogen and oxygen atoms in total. The number of nitrogens with zero attached hydrogens (tertiary/aromatic N) is 1. The number of piperidine rings is 1. The van der Waals surface area contributed by atoms with Gasteiger partial charge in [-0.15, -0.1) is 0 Å². The summed E-state index contributed by atoms with van der Waals surface area (Å²) in [5, 5.41) is 2.80. The van der Waals surface area contributed by atoms with Gasteiger partial charge in [-0.3, -0.25) is 9.59 Å². The highest BCUT2D eigenvalue weighted by Crippen LogP contribution is 2.30. The van der Waals surface area contributed by atoms with E-state index in [4.69, 9.17) is 4.74 Å². The lowest BCUT2D eigenvalue weighted by Crippen LogP contribution is -2.46. The summed E-state index contributed by atoms with van der Waals surface area (Å²) in [5.74, 6) is 1.40. The first-order valence-corrected chi connectivity index (χ1v) is 7.87. The van der Waals surface area contributed by atoms with Gasteiger partial charge in [-0.2, -0.15) is 0 Å². The van der Waals surface area contributed by atoms with Gasteiger partial charge in [0.25, 0.3) is 5.91 Å². The van der Waals surface area contributed by atoms with E-state index in [1.165, 1.54) is 0 Å². The Hall–Kier alpha value is -2.04. The molecule has 1 fully saturated rings. The van der Waals surface area contributed by atoms with Gasteiger partial charge in [0.1, 0.15) is 5.75 Å². The van der Waals surface area contributed by atoms with Crippen LogP contribution in [0.3, 0.4) is 0 Å². The summed E-state index contributed by atoms with van der Waals surface area (Å²) in [7, 11) is 0. The molecular formula is C17H22N2O3. The summed E-state index contributed by atoms with van der Waals surface area (Å²) < 4.78 is 5.70. The zero-order valence-electron chi connectivity index (χ0n) is 13.0. The molecule has 1 aromatic rings. The van der Waals surface area contributed by atoms with E-state index in [2.05, 4.69) is 19.2 Å². The Morgan fingerprint density at radius 3 is 2.68 bits per heavy atom. The third-order valence-corrected chi connectivity index (χ3v) is 4.29. The number of likely N-dealkylation sites (tertiary alicyclic amines) is 1. The number of ether oxygens (including phenoxy) is 1. The summed E-state index contributed by atoms with van der Waals surface area (Å²) in [6.07, 6.45) is 0.506. The number of amides is 2. The van der Waals surface area contributed by atoms with Crippen molar-refractivity contribution in [3.63, 3.8) is 0 Å². The van der Waals surface area contributed by atoms with Gasteiger partial charge in [-0.1, -0.05) is 26.0 Å². The monoisotopic (exact) mass is 302 g/mol. The Labute approximate surface area is 130 Å². The predicted octanol–water partition coefficient (Wildman–Crippen LogP) is 2.28. The van der Waals surface area contributed by atoms with Crippen LogP contribution in [0.4, 0.5) is 5.69 Å². The molecule has 0 bridgehead atoms. The first-order chi connectivity index (χ1) is 10.5. The largest absolute Gasteiger partial charge is 0.478 e. The SMILES string of the molecule is C[C@@H]1C[C@@H](C)CN(C(=O)C[C@H]2Oc3ccccc3NC2=O)C1. The minimum Gasteiger partial charge on any atom is -0.478 e. The van der Waals surface area contributed by atoms with Gasteiger partial charge < -0.3 is 15.0 Å². The molecule has 2 heterocycles. The fourth-order valence-corrected chi connectivity index (χ4v) is 3.38. The second-order valence-electron chi connectivity index (χ2n) is 6.54.